The molecule has 0 unspecified atom stereocenters. The molecule has 0 spiro atoms. The highest BCUT2D eigenvalue weighted by molar-refractivity contribution is 14.1. The lowest BCUT2D eigenvalue weighted by Crippen LogP contribution is -2.13. The molecule has 0 radical (unpaired) electrons. The quantitative estimate of drug-likeness (QED) is 0.646. The average Bonchev–Trinajstić information content (AvgIpc) is 2.96. The Kier molecular flexibility index (Phi) is 4.16. The van der Waals surface area contributed by atoms with E-state index in [1.807, 2.05) is 36.4 Å². The molecule has 1 aromatic heterocycles. The summed E-state index contributed by atoms with van der Waals surface area (Å²) in [7, 11) is -3.68. The minimum Gasteiger partial charge on any atom is -0.354 e. The van der Waals surface area contributed by atoms with Crippen LogP contribution in [0.5, 0.6) is 0 Å². The number of hydrogen-bond donors (Lipinski definition) is 1. The van der Waals surface area contributed by atoms with E-state index < -0.39 is 10.0 Å². The molecule has 0 bridgehead atoms. The fourth-order valence-electron chi connectivity index (χ4n) is 1.89. The van der Waals surface area contributed by atoms with Crippen LogP contribution < -0.4 is 4.72 Å². The van der Waals surface area contributed by atoms with Crippen LogP contribution in [0.25, 0.3) is 11.3 Å². The second-order valence-corrected chi connectivity index (χ2v) is 7.43. The SMILES string of the molecule is O=S(=O)(Nc1cc(-c2ccccc2)on1)c1cccc(I)c1. The summed E-state index contributed by atoms with van der Waals surface area (Å²) >= 11 is 2.06. The zero-order valence-electron chi connectivity index (χ0n) is 11.2. The van der Waals surface area contributed by atoms with E-state index >= 15 is 0 Å². The minimum atomic E-state index is -3.68. The van der Waals surface area contributed by atoms with Gasteiger partial charge in [0.1, 0.15) is 0 Å². The molecule has 1 N–H and O–H groups in total. The summed E-state index contributed by atoms with van der Waals surface area (Å²) in [5.74, 6) is 0.652. The second kappa shape index (κ2) is 6.09. The first kappa shape index (κ1) is 15.0. The van der Waals surface area contributed by atoms with Gasteiger partial charge in [0.15, 0.2) is 11.6 Å². The molecule has 0 saturated heterocycles. The summed E-state index contributed by atoms with van der Waals surface area (Å²) in [6.07, 6.45) is 0. The Morgan fingerprint density at radius 1 is 1.00 bits per heavy atom. The monoisotopic (exact) mass is 426 g/mol. The Morgan fingerprint density at radius 2 is 1.77 bits per heavy atom. The number of nitrogens with zero attached hydrogens (tertiary/aromatic N) is 1. The molecule has 0 aliphatic heterocycles. The van der Waals surface area contributed by atoms with Gasteiger partial charge in [0.25, 0.3) is 10.0 Å². The van der Waals surface area contributed by atoms with Crippen molar-refractivity contribution in [2.45, 2.75) is 4.90 Å². The van der Waals surface area contributed by atoms with Crippen molar-refractivity contribution in [2.24, 2.45) is 0 Å². The van der Waals surface area contributed by atoms with Crippen LogP contribution in [0.1, 0.15) is 0 Å². The van der Waals surface area contributed by atoms with Crippen molar-refractivity contribution in [1.29, 1.82) is 0 Å². The lowest BCUT2D eigenvalue weighted by atomic mass is 10.2. The number of hydrogen-bond acceptors (Lipinski definition) is 4. The van der Waals surface area contributed by atoms with Gasteiger partial charge in [-0.05, 0) is 40.8 Å². The lowest BCUT2D eigenvalue weighted by Gasteiger charge is -2.04. The van der Waals surface area contributed by atoms with Crippen LogP contribution in [-0.2, 0) is 10.0 Å². The Labute approximate surface area is 141 Å². The largest absolute Gasteiger partial charge is 0.354 e. The standard InChI is InChI=1S/C15H11IN2O3S/c16-12-7-4-8-13(9-12)22(19,20)18-15-10-14(21-17-15)11-5-2-1-3-6-11/h1-10H,(H,17,18). The van der Waals surface area contributed by atoms with Crippen molar-refractivity contribution in [1.82, 2.24) is 5.16 Å². The maximum Gasteiger partial charge on any atom is 0.263 e. The van der Waals surface area contributed by atoms with E-state index in [4.69, 9.17) is 4.52 Å². The number of sulfonamides is 1. The normalized spacial score (nSPS) is 11.3. The van der Waals surface area contributed by atoms with Gasteiger partial charge in [-0.25, -0.2) is 8.42 Å². The van der Waals surface area contributed by atoms with Crippen molar-refractivity contribution < 1.29 is 12.9 Å². The maximum absolute atomic E-state index is 12.3. The molecule has 5 nitrogen and oxygen atoms in total. The third kappa shape index (κ3) is 3.30. The highest BCUT2D eigenvalue weighted by Crippen LogP contribution is 2.24. The van der Waals surface area contributed by atoms with E-state index in [1.165, 1.54) is 6.07 Å². The Morgan fingerprint density at radius 3 is 2.50 bits per heavy atom. The molecular formula is C15H11IN2O3S. The van der Waals surface area contributed by atoms with Gasteiger partial charge in [0, 0.05) is 15.2 Å². The van der Waals surface area contributed by atoms with Crippen molar-refractivity contribution in [3.8, 4) is 11.3 Å². The molecular weight excluding hydrogens is 415 g/mol. The second-order valence-electron chi connectivity index (χ2n) is 4.51. The molecule has 0 aliphatic carbocycles. The summed E-state index contributed by atoms with van der Waals surface area (Å²) in [5.41, 5.74) is 0.828. The van der Waals surface area contributed by atoms with E-state index in [9.17, 15) is 8.42 Å². The number of rotatable bonds is 4. The van der Waals surface area contributed by atoms with Crippen LogP contribution in [-0.4, -0.2) is 13.6 Å². The van der Waals surface area contributed by atoms with Crippen LogP contribution in [0, 0.1) is 3.57 Å². The predicted octanol–water partition coefficient (Wildman–Crippen LogP) is 3.75. The number of benzene rings is 2. The van der Waals surface area contributed by atoms with Gasteiger partial charge in [-0.2, -0.15) is 0 Å². The fourth-order valence-corrected chi connectivity index (χ4v) is 3.68. The molecule has 3 rings (SSSR count). The van der Waals surface area contributed by atoms with Crippen molar-refractivity contribution in [2.75, 3.05) is 4.72 Å². The van der Waals surface area contributed by atoms with Crippen molar-refractivity contribution in [3.05, 3.63) is 64.2 Å². The summed E-state index contributed by atoms with van der Waals surface area (Å²) in [6.45, 7) is 0. The highest BCUT2D eigenvalue weighted by Gasteiger charge is 2.17. The van der Waals surface area contributed by atoms with Gasteiger partial charge in [-0.1, -0.05) is 41.6 Å². The van der Waals surface area contributed by atoms with Gasteiger partial charge in [0.2, 0.25) is 0 Å². The minimum absolute atomic E-state index is 0.151. The molecule has 3 aromatic rings. The number of aromatic nitrogens is 1. The first-order chi connectivity index (χ1) is 10.5. The average molecular weight is 426 g/mol. The van der Waals surface area contributed by atoms with Crippen LogP contribution in [0.15, 0.2) is 70.1 Å². The number of nitrogens with one attached hydrogen (secondary N) is 1. The molecule has 0 fully saturated rings. The third-order valence-electron chi connectivity index (χ3n) is 2.91. The molecule has 1 heterocycles. The first-order valence-electron chi connectivity index (χ1n) is 6.35. The molecule has 0 aliphatic rings. The van der Waals surface area contributed by atoms with E-state index in [2.05, 4.69) is 32.5 Å². The van der Waals surface area contributed by atoms with Gasteiger partial charge >= 0.3 is 0 Å². The van der Waals surface area contributed by atoms with E-state index in [0.717, 1.165) is 9.13 Å². The van der Waals surface area contributed by atoms with Crippen LogP contribution in [0.4, 0.5) is 5.82 Å². The summed E-state index contributed by atoms with van der Waals surface area (Å²) in [4.78, 5) is 0.184. The predicted molar refractivity (Wildman–Crippen MR) is 91.9 cm³/mol. The summed E-state index contributed by atoms with van der Waals surface area (Å²) < 4.78 is 33.0. The molecule has 7 heteroatoms. The Bertz CT molecular complexity index is 892. The number of halogens is 1. The zero-order valence-corrected chi connectivity index (χ0v) is 14.2. The Balaban J connectivity index is 1.86. The zero-order chi connectivity index (χ0) is 15.6. The molecule has 112 valence electrons. The van der Waals surface area contributed by atoms with Crippen LogP contribution in [0.3, 0.4) is 0 Å². The van der Waals surface area contributed by atoms with E-state index in [1.54, 1.807) is 18.2 Å². The van der Waals surface area contributed by atoms with E-state index in [-0.39, 0.29) is 10.7 Å². The number of anilines is 1. The Hall–Kier alpha value is -1.87. The summed E-state index contributed by atoms with van der Waals surface area (Å²) in [5, 5.41) is 3.76. The van der Waals surface area contributed by atoms with Gasteiger partial charge < -0.3 is 4.52 Å². The highest BCUT2D eigenvalue weighted by atomic mass is 127. The smallest absolute Gasteiger partial charge is 0.263 e. The maximum atomic E-state index is 12.3. The first-order valence-corrected chi connectivity index (χ1v) is 8.91. The topological polar surface area (TPSA) is 72.2 Å². The molecule has 22 heavy (non-hydrogen) atoms. The van der Waals surface area contributed by atoms with Crippen molar-refractivity contribution >= 4 is 38.4 Å². The third-order valence-corrected chi connectivity index (χ3v) is 4.94. The van der Waals surface area contributed by atoms with Gasteiger partial charge in [-0.15, -0.1) is 0 Å². The van der Waals surface area contributed by atoms with Gasteiger partial charge in [-0.3, -0.25) is 4.72 Å². The van der Waals surface area contributed by atoms with Crippen LogP contribution >= 0.6 is 22.6 Å². The molecule has 0 saturated carbocycles. The fraction of sp³-hybridized carbons (Fsp3) is 0. The van der Waals surface area contributed by atoms with E-state index in [0.29, 0.717) is 5.76 Å². The van der Waals surface area contributed by atoms with Crippen LogP contribution in [0.2, 0.25) is 0 Å². The van der Waals surface area contributed by atoms with Gasteiger partial charge in [0.05, 0.1) is 4.90 Å². The molecule has 0 atom stereocenters. The lowest BCUT2D eigenvalue weighted by molar-refractivity contribution is 0.435. The summed E-state index contributed by atoms with van der Waals surface area (Å²) in [6, 6.07) is 17.5. The molecule has 0 amide bonds. The molecule has 2 aromatic carbocycles. The van der Waals surface area contributed by atoms with Crippen molar-refractivity contribution in [3.63, 3.8) is 0 Å².